The summed E-state index contributed by atoms with van der Waals surface area (Å²) in [6.07, 6.45) is 8.23. The van der Waals surface area contributed by atoms with E-state index in [0.717, 1.165) is 67.7 Å². The van der Waals surface area contributed by atoms with Crippen LogP contribution in [0.1, 0.15) is 80.6 Å². The van der Waals surface area contributed by atoms with Crippen molar-refractivity contribution < 1.29 is 14.6 Å². The van der Waals surface area contributed by atoms with Gasteiger partial charge in [-0.2, -0.15) is 0 Å². The molecule has 1 aromatic heterocycles. The number of halogens is 1. The number of phenolic OH excluding ortho intramolecular Hbond substituents is 1. The fourth-order valence-corrected chi connectivity index (χ4v) is 6.95. The monoisotopic (exact) mass is 495 g/mol. The number of fused-ring (bicyclic) bond motifs is 1. The molecule has 194 valence electrons. The minimum Gasteiger partial charge on any atom is -0.508 e. The van der Waals surface area contributed by atoms with Crippen molar-refractivity contribution in [2.24, 2.45) is 5.92 Å². The number of nitrogens with zero attached hydrogens (tertiary/aromatic N) is 2. The zero-order valence-electron chi connectivity index (χ0n) is 21.1. The van der Waals surface area contributed by atoms with E-state index >= 15 is 4.39 Å². The topological polar surface area (TPSA) is 96.4 Å². The fraction of sp³-hybridized carbons (Fsp3) is 0.607. The number of H-pyrrole nitrogens is 1. The Balaban J connectivity index is 1.16. The Labute approximate surface area is 212 Å². The summed E-state index contributed by atoms with van der Waals surface area (Å²) in [4.78, 5) is 10.8. The fourth-order valence-electron chi connectivity index (χ4n) is 6.95. The molecule has 1 saturated heterocycles. The second kappa shape index (κ2) is 9.56. The molecule has 2 saturated carbocycles. The zero-order chi connectivity index (χ0) is 25.0. The first-order chi connectivity index (χ1) is 17.4. The van der Waals surface area contributed by atoms with Crippen molar-refractivity contribution >= 4 is 5.57 Å². The summed E-state index contributed by atoms with van der Waals surface area (Å²) in [5.41, 5.74) is 10.9. The van der Waals surface area contributed by atoms with Crippen molar-refractivity contribution in [1.82, 2.24) is 25.7 Å². The van der Waals surface area contributed by atoms with E-state index in [9.17, 15) is 10.2 Å². The van der Waals surface area contributed by atoms with Gasteiger partial charge in [-0.1, -0.05) is 19.1 Å². The normalized spacial score (nSPS) is 36.8. The van der Waals surface area contributed by atoms with Gasteiger partial charge in [-0.25, -0.2) is 14.8 Å². The van der Waals surface area contributed by atoms with Crippen molar-refractivity contribution in [3.05, 3.63) is 53.1 Å². The summed E-state index contributed by atoms with van der Waals surface area (Å²) in [5.74, 6) is 1.04. The van der Waals surface area contributed by atoms with Crippen LogP contribution in [-0.2, 0) is 6.42 Å². The Morgan fingerprint density at radius 2 is 2.03 bits per heavy atom. The van der Waals surface area contributed by atoms with Crippen molar-refractivity contribution in [3.63, 3.8) is 0 Å². The van der Waals surface area contributed by atoms with Crippen LogP contribution in [0.25, 0.3) is 5.57 Å². The SMILES string of the molecule is CCc1cc(O)ccc1C1CCC2C(c3ncc(C4=CC[C@H](C)N(C5CC(O)C5)C4)[nH]3)NNC2C1F. The number of aromatic hydroxyl groups is 1. The van der Waals surface area contributed by atoms with Gasteiger partial charge in [-0.3, -0.25) is 10.3 Å². The van der Waals surface area contributed by atoms with E-state index in [1.54, 1.807) is 12.1 Å². The number of alkyl halides is 1. The maximum atomic E-state index is 15.9. The van der Waals surface area contributed by atoms with E-state index in [2.05, 4.69) is 33.7 Å². The van der Waals surface area contributed by atoms with Gasteiger partial charge in [-0.05, 0) is 74.3 Å². The lowest BCUT2D eigenvalue weighted by Gasteiger charge is -2.45. The van der Waals surface area contributed by atoms with Gasteiger partial charge in [0.05, 0.1) is 30.1 Å². The maximum absolute atomic E-state index is 15.9. The van der Waals surface area contributed by atoms with Crippen LogP contribution in [0.2, 0.25) is 0 Å². The van der Waals surface area contributed by atoms with Crippen molar-refractivity contribution in [2.45, 2.75) is 94.7 Å². The lowest BCUT2D eigenvalue weighted by atomic mass is 9.71. The third-order valence-corrected chi connectivity index (χ3v) is 9.16. The molecule has 0 spiro atoms. The van der Waals surface area contributed by atoms with Gasteiger partial charge in [0.15, 0.2) is 0 Å². The first-order valence-electron chi connectivity index (χ1n) is 13.6. The molecule has 3 fully saturated rings. The Morgan fingerprint density at radius 1 is 1.19 bits per heavy atom. The van der Waals surface area contributed by atoms with Gasteiger partial charge in [0, 0.05) is 30.5 Å². The molecule has 5 N–H and O–H groups in total. The number of benzene rings is 1. The van der Waals surface area contributed by atoms with Crippen LogP contribution in [0.3, 0.4) is 0 Å². The number of imidazole rings is 1. The van der Waals surface area contributed by atoms with Gasteiger partial charge in [0.25, 0.3) is 0 Å². The number of nitrogens with one attached hydrogen (secondary N) is 3. The Bertz CT molecular complexity index is 1130. The number of aliphatic hydroxyl groups excluding tert-OH is 1. The minimum atomic E-state index is -1.01. The number of hydrazine groups is 1. The highest BCUT2D eigenvalue weighted by molar-refractivity contribution is 5.65. The smallest absolute Gasteiger partial charge is 0.125 e. The zero-order valence-corrected chi connectivity index (χ0v) is 21.1. The van der Waals surface area contributed by atoms with Gasteiger partial charge in [0.2, 0.25) is 0 Å². The number of hydrogen-bond acceptors (Lipinski definition) is 6. The van der Waals surface area contributed by atoms with Crippen LogP contribution in [-0.4, -0.2) is 62.0 Å². The van der Waals surface area contributed by atoms with Crippen molar-refractivity contribution in [3.8, 4) is 5.75 Å². The van der Waals surface area contributed by atoms with Crippen LogP contribution in [0.4, 0.5) is 4.39 Å². The second-order valence-electron chi connectivity index (χ2n) is 11.3. The largest absolute Gasteiger partial charge is 0.508 e. The predicted molar refractivity (Wildman–Crippen MR) is 137 cm³/mol. The third kappa shape index (κ3) is 4.18. The lowest BCUT2D eigenvalue weighted by Crippen LogP contribution is -2.52. The minimum absolute atomic E-state index is 0.0607. The van der Waals surface area contributed by atoms with Gasteiger partial charge >= 0.3 is 0 Å². The molecule has 36 heavy (non-hydrogen) atoms. The summed E-state index contributed by atoms with van der Waals surface area (Å²) < 4.78 is 15.9. The van der Waals surface area contributed by atoms with Gasteiger partial charge in [0.1, 0.15) is 17.7 Å². The maximum Gasteiger partial charge on any atom is 0.125 e. The Kier molecular flexibility index (Phi) is 6.40. The van der Waals surface area contributed by atoms with E-state index in [1.165, 1.54) is 5.57 Å². The number of aryl methyl sites for hydroxylation is 1. The number of hydrogen-bond donors (Lipinski definition) is 5. The number of rotatable bonds is 5. The molecule has 4 aliphatic rings. The summed E-state index contributed by atoms with van der Waals surface area (Å²) in [7, 11) is 0. The number of phenols is 1. The summed E-state index contributed by atoms with van der Waals surface area (Å²) in [6, 6.07) is 5.95. The third-order valence-electron chi connectivity index (χ3n) is 9.16. The van der Waals surface area contributed by atoms with E-state index < -0.39 is 6.17 Å². The summed E-state index contributed by atoms with van der Waals surface area (Å²) >= 11 is 0. The van der Waals surface area contributed by atoms with Crippen LogP contribution >= 0.6 is 0 Å². The van der Waals surface area contributed by atoms with Crippen LogP contribution in [0, 0.1) is 5.92 Å². The van der Waals surface area contributed by atoms with Crippen LogP contribution in [0.5, 0.6) is 5.75 Å². The molecule has 6 atom stereocenters. The first-order valence-corrected chi connectivity index (χ1v) is 13.6. The molecular weight excluding hydrogens is 457 g/mol. The molecule has 0 bridgehead atoms. The van der Waals surface area contributed by atoms with Gasteiger partial charge < -0.3 is 15.2 Å². The predicted octanol–water partition coefficient (Wildman–Crippen LogP) is 3.73. The summed E-state index contributed by atoms with van der Waals surface area (Å²) in [6.45, 7) is 5.17. The quantitative estimate of drug-likeness (QED) is 0.434. The Morgan fingerprint density at radius 3 is 2.81 bits per heavy atom. The molecule has 2 aliphatic heterocycles. The molecule has 0 amide bonds. The van der Waals surface area contributed by atoms with Crippen LogP contribution < -0.4 is 10.9 Å². The average molecular weight is 496 g/mol. The molecule has 3 heterocycles. The number of aromatic amines is 1. The highest BCUT2D eigenvalue weighted by Gasteiger charge is 2.49. The molecule has 2 aliphatic carbocycles. The van der Waals surface area contributed by atoms with E-state index in [4.69, 9.17) is 4.98 Å². The first kappa shape index (κ1) is 24.1. The highest BCUT2D eigenvalue weighted by atomic mass is 19.1. The Hall–Kier alpha value is -2.26. The molecule has 6 rings (SSSR count). The molecule has 0 radical (unpaired) electrons. The molecule has 2 aromatic rings. The summed E-state index contributed by atoms with van der Waals surface area (Å²) in [5, 5.41) is 19.6. The molecule has 7 nitrogen and oxygen atoms in total. The molecule has 1 aromatic carbocycles. The second-order valence-corrected chi connectivity index (χ2v) is 11.3. The van der Waals surface area contributed by atoms with Crippen molar-refractivity contribution in [2.75, 3.05) is 6.54 Å². The standard InChI is InChI=1S/C28H38FN5O2/c1-3-16-10-19(35)6-7-21(16)22-8-9-23-26(25(22)29)32-33-27(23)28-30-13-24(31-28)17-5-4-15(2)34(14-17)18-11-20(36)12-18/h5-7,10,13,15,18,20,22-23,25-27,32-33,35-36H,3-4,8-9,11-12,14H2,1-2H3,(H,30,31)/t15-,18?,20?,22?,23?,25?,26?,27?/m0/s1. The lowest BCUT2D eigenvalue weighted by molar-refractivity contribution is -0.00892. The van der Waals surface area contributed by atoms with Crippen LogP contribution in [0.15, 0.2) is 30.5 Å². The molecule has 8 heteroatoms. The average Bonchev–Trinajstić information content (AvgIpc) is 3.51. The molecule has 5 unspecified atom stereocenters. The highest BCUT2D eigenvalue weighted by Crippen LogP contribution is 2.46. The van der Waals surface area contributed by atoms with E-state index in [-0.39, 0.29) is 35.8 Å². The van der Waals surface area contributed by atoms with Gasteiger partial charge in [-0.15, -0.1) is 0 Å². The van der Waals surface area contributed by atoms with Crippen molar-refractivity contribution in [1.29, 1.82) is 0 Å². The molecular formula is C28H38FN5O2. The van der Waals surface area contributed by atoms with E-state index in [1.807, 2.05) is 19.2 Å². The number of aliphatic hydroxyl groups is 1. The number of aromatic nitrogens is 2. The van der Waals surface area contributed by atoms with E-state index in [0.29, 0.717) is 12.1 Å².